The summed E-state index contributed by atoms with van der Waals surface area (Å²) in [5.74, 6) is 0. The van der Waals surface area contributed by atoms with Gasteiger partial charge < -0.3 is 28.2 Å². The number of halogens is 2. The first-order valence-electron chi connectivity index (χ1n) is 5.77. The number of rotatable bonds is 7. The third-order valence-corrected chi connectivity index (χ3v) is 4.41. The molecule has 0 aliphatic heterocycles. The Kier molecular flexibility index (Phi) is 16.1. The summed E-state index contributed by atoms with van der Waals surface area (Å²) in [4.78, 5) is 2.09. The van der Waals surface area contributed by atoms with Crippen LogP contribution < -0.4 is 79.3 Å². The number of benzene rings is 1. The molecule has 0 saturated carbocycles. The predicted octanol–water partition coefficient (Wildman–Crippen LogP) is 0.633. The molecular formula is C13H21ClCsIN4S. The quantitative estimate of drug-likeness (QED) is 0.198. The van der Waals surface area contributed by atoms with Gasteiger partial charge in [-0.05, 0) is 32.1 Å². The zero-order valence-electron chi connectivity index (χ0n) is 12.9. The Morgan fingerprint density at radius 1 is 1.52 bits per heavy atom. The molecule has 0 bridgehead atoms. The van der Waals surface area contributed by atoms with Gasteiger partial charge in [0.2, 0.25) is 0 Å². The average Bonchev–Trinajstić information content (AvgIpc) is 2.38. The number of anilines is 1. The Morgan fingerprint density at radius 3 is 2.57 bits per heavy atom. The molecule has 1 rings (SSSR count). The van der Waals surface area contributed by atoms with E-state index < -0.39 is 0 Å². The topological polar surface area (TPSA) is 65.1 Å². The van der Waals surface area contributed by atoms with Gasteiger partial charge in [0.25, 0.3) is 0 Å². The third-order valence-electron chi connectivity index (χ3n) is 3.01. The number of nitrogens with zero attached hydrogens (tertiary/aromatic N) is 1. The first-order valence-corrected chi connectivity index (χ1v) is 9.50. The first-order chi connectivity index (χ1) is 9.04. The van der Waals surface area contributed by atoms with Crippen LogP contribution in [-0.4, -0.2) is 37.8 Å². The Morgan fingerprint density at radius 2 is 2.14 bits per heavy atom. The summed E-state index contributed by atoms with van der Waals surface area (Å²) in [7, 11) is 5.46. The van der Waals surface area contributed by atoms with Gasteiger partial charge in [0.05, 0.1) is 10.7 Å². The largest absolute Gasteiger partial charge is 1.00 e. The van der Waals surface area contributed by atoms with Crippen molar-refractivity contribution in [3.8, 4) is 0 Å². The minimum atomic E-state index is 0. The molecule has 0 radical (unpaired) electrons. The molecule has 0 heterocycles. The molecule has 1 atom stereocenters. The molecule has 1 aromatic rings. The molecule has 0 saturated heterocycles. The van der Waals surface area contributed by atoms with E-state index in [9.17, 15) is 0 Å². The summed E-state index contributed by atoms with van der Waals surface area (Å²) in [5.41, 5.74) is 8.37. The molecule has 1 aromatic carbocycles. The zero-order valence-corrected chi connectivity index (χ0v) is 22.9. The van der Waals surface area contributed by atoms with Crippen LogP contribution in [0.1, 0.15) is 11.1 Å². The summed E-state index contributed by atoms with van der Waals surface area (Å²) < 4.78 is 3.12. The van der Waals surface area contributed by atoms with E-state index in [2.05, 4.69) is 30.8 Å². The number of likely N-dealkylation sites (N-methyl/N-ethyl adjacent to an activating group) is 1. The van der Waals surface area contributed by atoms with Gasteiger partial charge in [0.1, 0.15) is 0 Å². The van der Waals surface area contributed by atoms with E-state index in [-0.39, 0.29) is 82.4 Å². The Bertz CT molecular complexity index is 448. The molecule has 0 aromatic heterocycles. The summed E-state index contributed by atoms with van der Waals surface area (Å²) in [5, 5.41) is 8.15. The van der Waals surface area contributed by atoms with Crippen LogP contribution in [-0.2, 0) is 6.42 Å². The van der Waals surface area contributed by atoms with Crippen LogP contribution in [0.15, 0.2) is 12.1 Å². The van der Waals surface area contributed by atoms with Crippen LogP contribution in [0, 0.1) is 12.8 Å². The maximum absolute atomic E-state index is 7.52. The van der Waals surface area contributed by atoms with E-state index in [0.717, 1.165) is 23.2 Å². The van der Waals surface area contributed by atoms with Crippen molar-refractivity contribution < 1.29 is 68.9 Å². The fourth-order valence-electron chi connectivity index (χ4n) is 1.80. The predicted molar refractivity (Wildman–Crippen MR) is 101 cm³/mol. The minimum absolute atomic E-state index is 0. The van der Waals surface area contributed by atoms with Crippen molar-refractivity contribution in [3.63, 3.8) is 0 Å². The summed E-state index contributed by atoms with van der Waals surface area (Å²) in [6.45, 7) is 0.576. The Labute approximate surface area is 208 Å². The molecule has 0 amide bonds. The van der Waals surface area contributed by atoms with Crippen molar-refractivity contribution in [1.82, 2.24) is 4.90 Å². The maximum Gasteiger partial charge on any atom is 1.00 e. The van der Waals surface area contributed by atoms with Crippen LogP contribution in [0.4, 0.5) is 5.69 Å². The number of hydrogen-bond donors (Lipinski definition) is 3. The molecule has 0 aliphatic carbocycles. The summed E-state index contributed by atoms with van der Waals surface area (Å²) in [6.07, 6.45) is 2.06. The van der Waals surface area contributed by atoms with Crippen LogP contribution in [0.25, 0.3) is 0 Å². The van der Waals surface area contributed by atoms with Gasteiger partial charge in [0.15, 0.2) is 0 Å². The molecular weight excluding hydrogens is 540 g/mol. The van der Waals surface area contributed by atoms with Gasteiger partial charge in [-0.2, -0.15) is 0 Å². The van der Waals surface area contributed by atoms with Gasteiger partial charge in [-0.25, -0.2) is 0 Å². The van der Waals surface area contributed by atoms with E-state index in [4.69, 9.17) is 22.7 Å². The van der Waals surface area contributed by atoms with Gasteiger partial charge in [-0.1, -0.05) is 17.7 Å². The summed E-state index contributed by atoms with van der Waals surface area (Å²) >= 11 is 8.54. The molecule has 0 aliphatic rings. The fourth-order valence-corrected chi connectivity index (χ4v) is 3.07. The number of nitrogens with one attached hydrogen (secondary N) is 2. The van der Waals surface area contributed by atoms with E-state index in [0.29, 0.717) is 11.6 Å². The molecule has 114 valence electrons. The van der Waals surface area contributed by atoms with Crippen molar-refractivity contribution in [1.29, 1.82) is 5.41 Å². The van der Waals surface area contributed by atoms with E-state index in [1.807, 2.05) is 26.2 Å². The molecule has 8 heteroatoms. The van der Waals surface area contributed by atoms with Gasteiger partial charge in [-0.3, -0.25) is 0 Å². The molecule has 4 nitrogen and oxygen atoms in total. The van der Waals surface area contributed by atoms with E-state index >= 15 is 0 Å². The first kappa shape index (κ1) is 25.3. The van der Waals surface area contributed by atoms with Crippen LogP contribution in [0.5, 0.6) is 0 Å². The second-order valence-electron chi connectivity index (χ2n) is 4.38. The monoisotopic (exact) mass is 560 g/mol. The average molecular weight is 561 g/mol. The van der Waals surface area contributed by atoms with Gasteiger partial charge >= 0.3 is 68.9 Å². The molecule has 1 unspecified atom stereocenters. The van der Waals surface area contributed by atoms with E-state index in [1.165, 1.54) is 15.3 Å². The minimum Gasteiger partial charge on any atom is -0.358 e. The van der Waals surface area contributed by atoms with E-state index in [1.54, 1.807) is 0 Å². The van der Waals surface area contributed by atoms with Crippen molar-refractivity contribution >= 4 is 53.8 Å². The normalized spacial score (nSPS) is 11.3. The smallest absolute Gasteiger partial charge is 0.358 e. The Hall–Kier alpha value is 2.03. The third kappa shape index (κ3) is 7.63. The van der Waals surface area contributed by atoms with Crippen molar-refractivity contribution in [2.24, 2.45) is 5.73 Å². The fraction of sp³-hybridized carbons (Fsp3) is 0.385. The second kappa shape index (κ2) is 13.3. The zero-order chi connectivity index (χ0) is 14.4. The maximum atomic E-state index is 7.52. The van der Waals surface area contributed by atoms with Crippen molar-refractivity contribution in [2.75, 3.05) is 25.4 Å². The van der Waals surface area contributed by atoms with Crippen LogP contribution in [0.2, 0.25) is 5.02 Å². The number of hydrogen-bond acceptors (Lipinski definition) is 5. The van der Waals surface area contributed by atoms with Gasteiger partial charge in [-0.15, -0.1) is 0 Å². The van der Waals surface area contributed by atoms with Crippen LogP contribution >= 0.6 is 41.9 Å². The summed E-state index contributed by atoms with van der Waals surface area (Å²) in [6, 6.07) is 4.20. The number of nitrogens with two attached hydrogens (primary N) is 1. The molecule has 4 N–H and O–H groups in total. The van der Waals surface area contributed by atoms with Crippen molar-refractivity contribution in [2.45, 2.75) is 12.5 Å². The molecule has 0 spiro atoms. The van der Waals surface area contributed by atoms with Gasteiger partial charge in [0, 0.05) is 54.7 Å². The standard InChI is InChI=1S/C12H18ClIN4S.CH3.Cs/c1-18(2)9(6-15)5-8-3-4-11(17-19-14)10(7-16)12(8)13;;/h3-4,7,9,16-17H,5-6,15H2,1-2H3;1H3;/q;-1;+1. The Balaban J connectivity index is 0. The van der Waals surface area contributed by atoms with Crippen LogP contribution in [0.3, 0.4) is 0 Å². The molecule has 0 fully saturated rings. The van der Waals surface area contributed by atoms with Crippen molar-refractivity contribution in [3.05, 3.63) is 35.7 Å². The SMILES string of the molecule is CN(C)C(CN)Cc1ccc(NSI)c(C=N)c1Cl.[CH3-].[Cs+]. The molecule has 21 heavy (non-hydrogen) atoms. The second-order valence-corrected chi connectivity index (χ2v) is 6.44.